The summed E-state index contributed by atoms with van der Waals surface area (Å²) in [6.07, 6.45) is 0.361. The monoisotopic (exact) mass is 220 g/mol. The molecule has 0 spiro atoms. The molecule has 0 aromatic heterocycles. The van der Waals surface area contributed by atoms with Gasteiger partial charge in [0.15, 0.2) is 0 Å². The number of carbonyl (C=O) groups is 2. The van der Waals surface area contributed by atoms with Crippen LogP contribution in [0.2, 0.25) is 0 Å². The molecule has 0 aliphatic heterocycles. The number of carboxylic acid groups (broad SMARTS) is 1. The SMILES string of the molecule is Cc1ccc(CC(=O)CCC(=O)O)cc1C. The van der Waals surface area contributed by atoms with Gasteiger partial charge in [-0.15, -0.1) is 0 Å². The van der Waals surface area contributed by atoms with Crippen LogP contribution in [0.15, 0.2) is 18.2 Å². The van der Waals surface area contributed by atoms with Crippen LogP contribution in [0, 0.1) is 13.8 Å². The largest absolute Gasteiger partial charge is 0.481 e. The maximum absolute atomic E-state index is 11.4. The van der Waals surface area contributed by atoms with E-state index in [1.54, 1.807) is 0 Å². The van der Waals surface area contributed by atoms with E-state index >= 15 is 0 Å². The van der Waals surface area contributed by atoms with Crippen molar-refractivity contribution in [1.29, 1.82) is 0 Å². The number of hydrogen-bond acceptors (Lipinski definition) is 2. The first-order valence-electron chi connectivity index (χ1n) is 5.28. The van der Waals surface area contributed by atoms with E-state index in [1.165, 1.54) is 5.56 Å². The molecule has 0 saturated heterocycles. The van der Waals surface area contributed by atoms with Crippen molar-refractivity contribution in [1.82, 2.24) is 0 Å². The average molecular weight is 220 g/mol. The Bertz CT molecular complexity index is 408. The lowest BCUT2D eigenvalue weighted by Gasteiger charge is -2.04. The van der Waals surface area contributed by atoms with Crippen LogP contribution in [0.5, 0.6) is 0 Å². The molecule has 0 fully saturated rings. The van der Waals surface area contributed by atoms with Crippen LogP contribution in [0.3, 0.4) is 0 Å². The summed E-state index contributed by atoms with van der Waals surface area (Å²) in [5, 5.41) is 8.46. The molecule has 1 aromatic rings. The average Bonchev–Trinajstić information content (AvgIpc) is 2.21. The fourth-order valence-corrected chi connectivity index (χ4v) is 1.48. The Hall–Kier alpha value is -1.64. The topological polar surface area (TPSA) is 54.4 Å². The Balaban J connectivity index is 2.56. The molecular weight excluding hydrogens is 204 g/mol. The van der Waals surface area contributed by atoms with Crippen molar-refractivity contribution >= 4 is 11.8 Å². The fourth-order valence-electron chi connectivity index (χ4n) is 1.48. The lowest BCUT2D eigenvalue weighted by Crippen LogP contribution is -2.06. The van der Waals surface area contributed by atoms with Crippen LogP contribution in [-0.2, 0) is 16.0 Å². The third-order valence-corrected chi connectivity index (χ3v) is 2.59. The van der Waals surface area contributed by atoms with E-state index < -0.39 is 5.97 Å². The van der Waals surface area contributed by atoms with Gasteiger partial charge in [-0.3, -0.25) is 9.59 Å². The highest BCUT2D eigenvalue weighted by Crippen LogP contribution is 2.11. The minimum Gasteiger partial charge on any atom is -0.481 e. The van der Waals surface area contributed by atoms with Crippen LogP contribution in [0.25, 0.3) is 0 Å². The number of Topliss-reactive ketones (excluding diaryl/α,β-unsaturated/α-hetero) is 1. The maximum atomic E-state index is 11.4. The normalized spacial score (nSPS) is 10.1. The number of hydrogen-bond donors (Lipinski definition) is 1. The van der Waals surface area contributed by atoms with Gasteiger partial charge in [0.25, 0.3) is 0 Å². The second-order valence-corrected chi connectivity index (χ2v) is 4.03. The molecule has 3 heteroatoms. The quantitative estimate of drug-likeness (QED) is 0.828. The molecule has 0 saturated carbocycles. The number of carboxylic acids is 1. The smallest absolute Gasteiger partial charge is 0.303 e. The number of benzene rings is 1. The lowest BCUT2D eigenvalue weighted by atomic mass is 10.0. The van der Waals surface area contributed by atoms with E-state index in [2.05, 4.69) is 0 Å². The zero-order chi connectivity index (χ0) is 12.1. The van der Waals surface area contributed by atoms with Crippen LogP contribution < -0.4 is 0 Å². The summed E-state index contributed by atoms with van der Waals surface area (Å²) >= 11 is 0. The van der Waals surface area contributed by atoms with Crippen molar-refractivity contribution in [3.05, 3.63) is 34.9 Å². The fraction of sp³-hybridized carbons (Fsp3) is 0.385. The number of aryl methyl sites for hydroxylation is 2. The molecule has 0 heterocycles. The molecule has 3 nitrogen and oxygen atoms in total. The van der Waals surface area contributed by atoms with Gasteiger partial charge in [-0.05, 0) is 30.5 Å². The number of aliphatic carboxylic acids is 1. The Morgan fingerprint density at radius 1 is 1.12 bits per heavy atom. The molecule has 1 N–H and O–H groups in total. The zero-order valence-electron chi connectivity index (χ0n) is 9.62. The number of ketones is 1. The van der Waals surface area contributed by atoms with Crippen molar-refractivity contribution in [3.63, 3.8) is 0 Å². The second-order valence-electron chi connectivity index (χ2n) is 4.03. The van der Waals surface area contributed by atoms with Gasteiger partial charge >= 0.3 is 5.97 Å². The molecule has 0 aliphatic carbocycles. The summed E-state index contributed by atoms with van der Waals surface area (Å²) in [5.41, 5.74) is 3.31. The Morgan fingerprint density at radius 2 is 1.81 bits per heavy atom. The van der Waals surface area contributed by atoms with Gasteiger partial charge in [-0.1, -0.05) is 18.2 Å². The van der Waals surface area contributed by atoms with Crippen LogP contribution in [0.4, 0.5) is 0 Å². The van der Waals surface area contributed by atoms with Crippen LogP contribution >= 0.6 is 0 Å². The van der Waals surface area contributed by atoms with Crippen molar-refractivity contribution in [2.75, 3.05) is 0 Å². The highest BCUT2D eigenvalue weighted by molar-refractivity contribution is 5.84. The van der Waals surface area contributed by atoms with Gasteiger partial charge in [0.1, 0.15) is 5.78 Å². The third kappa shape index (κ3) is 3.85. The highest BCUT2D eigenvalue weighted by atomic mass is 16.4. The Kier molecular flexibility index (Phi) is 4.23. The summed E-state index contributed by atoms with van der Waals surface area (Å²) in [6, 6.07) is 5.88. The van der Waals surface area contributed by atoms with Crippen molar-refractivity contribution in [2.45, 2.75) is 33.1 Å². The molecule has 0 amide bonds. The van der Waals surface area contributed by atoms with Gasteiger partial charge in [-0.2, -0.15) is 0 Å². The molecule has 1 aromatic carbocycles. The molecule has 1 rings (SSSR count). The standard InChI is InChI=1S/C13H16O3/c1-9-3-4-11(7-10(9)2)8-12(14)5-6-13(15)16/h3-4,7H,5-6,8H2,1-2H3,(H,15,16). The molecule has 0 bridgehead atoms. The first-order chi connectivity index (χ1) is 7.49. The van der Waals surface area contributed by atoms with Crippen LogP contribution in [-0.4, -0.2) is 16.9 Å². The molecule has 16 heavy (non-hydrogen) atoms. The molecule has 0 radical (unpaired) electrons. The van der Waals surface area contributed by atoms with E-state index in [-0.39, 0.29) is 18.6 Å². The van der Waals surface area contributed by atoms with Gasteiger partial charge in [0, 0.05) is 12.8 Å². The van der Waals surface area contributed by atoms with Crippen molar-refractivity contribution < 1.29 is 14.7 Å². The summed E-state index contributed by atoms with van der Waals surface area (Å²) in [7, 11) is 0. The summed E-state index contributed by atoms with van der Waals surface area (Å²) in [5.74, 6) is -0.945. The molecule has 0 aliphatic rings. The highest BCUT2D eigenvalue weighted by Gasteiger charge is 2.07. The van der Waals surface area contributed by atoms with E-state index in [0.29, 0.717) is 6.42 Å². The zero-order valence-corrected chi connectivity index (χ0v) is 9.62. The van der Waals surface area contributed by atoms with Gasteiger partial charge in [0.05, 0.1) is 6.42 Å². The van der Waals surface area contributed by atoms with E-state index in [1.807, 2.05) is 32.0 Å². The minimum atomic E-state index is -0.923. The molecule has 0 atom stereocenters. The predicted octanol–water partition coefficient (Wildman–Crippen LogP) is 2.28. The first-order valence-corrected chi connectivity index (χ1v) is 5.28. The first kappa shape index (κ1) is 12.4. The number of carbonyl (C=O) groups excluding carboxylic acids is 1. The summed E-state index contributed by atoms with van der Waals surface area (Å²) in [4.78, 5) is 21.8. The maximum Gasteiger partial charge on any atom is 0.303 e. The van der Waals surface area contributed by atoms with E-state index in [9.17, 15) is 9.59 Å². The van der Waals surface area contributed by atoms with Gasteiger partial charge in [0.2, 0.25) is 0 Å². The lowest BCUT2D eigenvalue weighted by molar-refractivity contribution is -0.138. The van der Waals surface area contributed by atoms with Gasteiger partial charge in [-0.25, -0.2) is 0 Å². The third-order valence-electron chi connectivity index (χ3n) is 2.59. The second kappa shape index (κ2) is 5.45. The van der Waals surface area contributed by atoms with Gasteiger partial charge < -0.3 is 5.11 Å². The van der Waals surface area contributed by atoms with Crippen LogP contribution in [0.1, 0.15) is 29.5 Å². The van der Waals surface area contributed by atoms with Crippen molar-refractivity contribution in [2.24, 2.45) is 0 Å². The number of rotatable bonds is 5. The Labute approximate surface area is 95.1 Å². The van der Waals surface area contributed by atoms with E-state index in [4.69, 9.17) is 5.11 Å². The summed E-state index contributed by atoms with van der Waals surface area (Å²) in [6.45, 7) is 4.02. The predicted molar refractivity (Wildman–Crippen MR) is 61.5 cm³/mol. The molecule has 86 valence electrons. The van der Waals surface area contributed by atoms with E-state index in [0.717, 1.165) is 11.1 Å². The Morgan fingerprint density at radius 3 is 2.38 bits per heavy atom. The minimum absolute atomic E-state index is 0.0225. The summed E-state index contributed by atoms with van der Waals surface area (Å²) < 4.78 is 0. The van der Waals surface area contributed by atoms with Crippen molar-refractivity contribution in [3.8, 4) is 0 Å². The molecular formula is C13H16O3. The molecule has 0 unspecified atom stereocenters.